The van der Waals surface area contributed by atoms with Crippen molar-refractivity contribution in [3.63, 3.8) is 0 Å². The zero-order valence-corrected chi connectivity index (χ0v) is 16.4. The highest BCUT2D eigenvalue weighted by Crippen LogP contribution is 2.38. The lowest BCUT2D eigenvalue weighted by Crippen LogP contribution is -2.39. The standard InChI is InChI=1S/C18H21F3N2O5S/c1-22-15-9-23(8-14(15)16(17(22)24)27-10-11-2-3-11)29(25,26)13-6-4-12(5-7-13)28-18(19,20)21/h4-7,11,14-16H,2-3,8-10H2,1H3/t14-,15+,16-/m0/s1. The Kier molecular flexibility index (Phi) is 5.02. The molecule has 3 fully saturated rings. The first kappa shape index (κ1) is 20.4. The van der Waals surface area contributed by atoms with Gasteiger partial charge in [-0.2, -0.15) is 4.31 Å². The molecule has 7 nitrogen and oxygen atoms in total. The molecule has 29 heavy (non-hydrogen) atoms. The van der Waals surface area contributed by atoms with Gasteiger partial charge in [-0.1, -0.05) is 0 Å². The number of likely N-dealkylation sites (tertiary alicyclic amines) is 1. The first-order chi connectivity index (χ1) is 13.6. The van der Waals surface area contributed by atoms with Crippen LogP contribution in [0, 0.1) is 11.8 Å². The number of carbonyl (C=O) groups is 1. The lowest BCUT2D eigenvalue weighted by molar-refractivity contribution is -0.274. The van der Waals surface area contributed by atoms with Crippen LogP contribution < -0.4 is 4.74 Å². The molecule has 0 N–H and O–H groups in total. The van der Waals surface area contributed by atoms with Gasteiger partial charge in [0.15, 0.2) is 0 Å². The number of hydrogen-bond donors (Lipinski definition) is 0. The number of hydrogen-bond acceptors (Lipinski definition) is 5. The molecule has 1 aromatic carbocycles. The van der Waals surface area contributed by atoms with E-state index >= 15 is 0 Å². The van der Waals surface area contributed by atoms with Gasteiger partial charge in [0.25, 0.3) is 5.91 Å². The van der Waals surface area contributed by atoms with Crippen molar-refractivity contribution < 1.29 is 35.9 Å². The number of rotatable bonds is 6. The smallest absolute Gasteiger partial charge is 0.406 e. The van der Waals surface area contributed by atoms with Gasteiger partial charge >= 0.3 is 6.36 Å². The van der Waals surface area contributed by atoms with Crippen LogP contribution in [0.2, 0.25) is 0 Å². The second-order valence-electron chi connectivity index (χ2n) is 7.72. The monoisotopic (exact) mass is 434 g/mol. The Hall–Kier alpha value is -1.85. The van der Waals surface area contributed by atoms with Crippen molar-refractivity contribution in [2.24, 2.45) is 11.8 Å². The third-order valence-corrected chi connectivity index (χ3v) is 7.53. The first-order valence-electron chi connectivity index (χ1n) is 9.30. The second-order valence-corrected chi connectivity index (χ2v) is 9.66. The molecule has 0 unspecified atom stereocenters. The third-order valence-electron chi connectivity index (χ3n) is 5.68. The topological polar surface area (TPSA) is 76.2 Å². The van der Waals surface area contributed by atoms with Crippen molar-refractivity contribution in [2.75, 3.05) is 26.7 Å². The summed E-state index contributed by atoms with van der Waals surface area (Å²) in [4.78, 5) is 13.9. The van der Waals surface area contributed by atoms with Gasteiger partial charge in [0.2, 0.25) is 10.0 Å². The van der Waals surface area contributed by atoms with Crippen molar-refractivity contribution in [1.82, 2.24) is 9.21 Å². The van der Waals surface area contributed by atoms with E-state index in [0.29, 0.717) is 12.5 Å². The van der Waals surface area contributed by atoms with Crippen LogP contribution >= 0.6 is 0 Å². The number of sulfonamides is 1. The van der Waals surface area contributed by atoms with E-state index in [9.17, 15) is 26.4 Å². The highest BCUT2D eigenvalue weighted by molar-refractivity contribution is 7.89. The maximum atomic E-state index is 13.0. The average molecular weight is 434 g/mol. The molecule has 2 aliphatic heterocycles. The molecule has 1 aliphatic carbocycles. The van der Waals surface area contributed by atoms with Gasteiger partial charge in [0.05, 0.1) is 17.5 Å². The van der Waals surface area contributed by atoms with Crippen LogP contribution in [0.25, 0.3) is 0 Å². The normalized spacial score (nSPS) is 28.1. The summed E-state index contributed by atoms with van der Waals surface area (Å²) in [5, 5.41) is 0. The summed E-state index contributed by atoms with van der Waals surface area (Å²) in [6.45, 7) is 0.749. The van der Waals surface area contributed by atoms with Crippen molar-refractivity contribution in [3.05, 3.63) is 24.3 Å². The number of alkyl halides is 3. The lowest BCUT2D eigenvalue weighted by Gasteiger charge is -2.22. The number of fused-ring (bicyclic) bond motifs is 1. The summed E-state index contributed by atoms with van der Waals surface area (Å²) in [5.74, 6) is -0.417. The van der Waals surface area contributed by atoms with E-state index in [1.54, 1.807) is 7.05 Å². The van der Waals surface area contributed by atoms with E-state index in [1.807, 2.05) is 0 Å². The van der Waals surface area contributed by atoms with Crippen LogP contribution in [0.4, 0.5) is 13.2 Å². The molecule has 3 atom stereocenters. The van der Waals surface area contributed by atoms with Crippen LogP contribution in [-0.2, 0) is 19.6 Å². The molecule has 4 rings (SSSR count). The van der Waals surface area contributed by atoms with Crippen molar-refractivity contribution in [3.8, 4) is 5.75 Å². The van der Waals surface area contributed by atoms with E-state index in [1.165, 1.54) is 9.21 Å². The Bertz CT molecular complexity index is 886. The number of amides is 1. The number of likely N-dealkylation sites (N-methyl/N-ethyl adjacent to an activating group) is 1. The fourth-order valence-corrected chi connectivity index (χ4v) is 5.40. The maximum absolute atomic E-state index is 13.0. The van der Waals surface area contributed by atoms with E-state index in [0.717, 1.165) is 37.1 Å². The van der Waals surface area contributed by atoms with E-state index in [2.05, 4.69) is 4.74 Å². The first-order valence-corrected chi connectivity index (χ1v) is 10.7. The zero-order chi connectivity index (χ0) is 21.0. The van der Waals surface area contributed by atoms with E-state index in [-0.39, 0.29) is 35.9 Å². The predicted octanol–water partition coefficient (Wildman–Crippen LogP) is 1.84. The summed E-state index contributed by atoms with van der Waals surface area (Å²) < 4.78 is 73.6. The van der Waals surface area contributed by atoms with Crippen molar-refractivity contribution in [2.45, 2.75) is 36.2 Å². The largest absolute Gasteiger partial charge is 0.573 e. The second kappa shape index (κ2) is 7.13. The summed E-state index contributed by atoms with van der Waals surface area (Å²) in [6, 6.07) is 3.82. The summed E-state index contributed by atoms with van der Waals surface area (Å²) in [7, 11) is -2.28. The number of nitrogens with zero attached hydrogens (tertiary/aromatic N) is 2. The van der Waals surface area contributed by atoms with Gasteiger partial charge in [0.1, 0.15) is 11.9 Å². The van der Waals surface area contributed by atoms with Gasteiger partial charge in [-0.05, 0) is 43.0 Å². The van der Waals surface area contributed by atoms with Gasteiger partial charge in [-0.25, -0.2) is 8.42 Å². The fourth-order valence-electron chi connectivity index (χ4n) is 3.91. The van der Waals surface area contributed by atoms with Crippen molar-refractivity contribution >= 4 is 15.9 Å². The van der Waals surface area contributed by atoms with Crippen LogP contribution in [-0.4, -0.2) is 68.8 Å². The van der Waals surface area contributed by atoms with Gasteiger partial charge in [-0.3, -0.25) is 4.79 Å². The number of carbonyl (C=O) groups excluding carboxylic acids is 1. The lowest BCUT2D eigenvalue weighted by atomic mass is 10.0. The summed E-state index contributed by atoms with van der Waals surface area (Å²) in [6.07, 6.45) is -3.34. The Labute approximate surface area is 166 Å². The number of halogens is 3. The Balaban J connectivity index is 1.48. The quantitative estimate of drug-likeness (QED) is 0.683. The molecule has 160 valence electrons. The van der Waals surface area contributed by atoms with Crippen LogP contribution in [0.15, 0.2) is 29.2 Å². The molecule has 1 amide bonds. The van der Waals surface area contributed by atoms with E-state index in [4.69, 9.17) is 4.74 Å². The SMILES string of the molecule is CN1C(=O)[C@@H](OCC2CC2)[C@H]2CN(S(=O)(=O)c3ccc(OC(F)(F)F)cc3)C[C@H]21. The van der Waals surface area contributed by atoms with E-state index < -0.39 is 28.2 Å². The molecule has 1 saturated carbocycles. The molecule has 11 heteroatoms. The number of ether oxygens (including phenoxy) is 2. The molecule has 0 spiro atoms. The predicted molar refractivity (Wildman–Crippen MR) is 94.4 cm³/mol. The van der Waals surface area contributed by atoms with Crippen molar-refractivity contribution in [1.29, 1.82) is 0 Å². The Morgan fingerprint density at radius 2 is 1.79 bits per heavy atom. The van der Waals surface area contributed by atoms with Crippen LogP contribution in [0.1, 0.15) is 12.8 Å². The minimum absolute atomic E-state index is 0.124. The molecule has 0 aromatic heterocycles. The molecule has 2 saturated heterocycles. The highest BCUT2D eigenvalue weighted by atomic mass is 32.2. The van der Waals surface area contributed by atoms with Crippen LogP contribution in [0.5, 0.6) is 5.75 Å². The zero-order valence-electron chi connectivity index (χ0n) is 15.6. The molecule has 2 heterocycles. The fraction of sp³-hybridized carbons (Fsp3) is 0.611. The third kappa shape index (κ3) is 4.08. The van der Waals surface area contributed by atoms with Gasteiger partial charge in [0, 0.05) is 26.1 Å². The molecular weight excluding hydrogens is 413 g/mol. The Morgan fingerprint density at radius 1 is 1.14 bits per heavy atom. The summed E-state index contributed by atoms with van der Waals surface area (Å²) in [5.41, 5.74) is 0. The average Bonchev–Trinajstić information content (AvgIpc) is 3.31. The van der Waals surface area contributed by atoms with Gasteiger partial charge in [-0.15, -0.1) is 13.2 Å². The molecule has 1 aromatic rings. The molecular formula is C18H21F3N2O5S. The highest BCUT2D eigenvalue weighted by Gasteiger charge is 2.54. The molecule has 3 aliphatic rings. The Morgan fingerprint density at radius 3 is 2.38 bits per heavy atom. The number of benzene rings is 1. The van der Waals surface area contributed by atoms with Gasteiger partial charge < -0.3 is 14.4 Å². The minimum Gasteiger partial charge on any atom is -0.406 e. The maximum Gasteiger partial charge on any atom is 0.573 e. The molecule has 0 bridgehead atoms. The minimum atomic E-state index is -4.85. The van der Waals surface area contributed by atoms with Crippen LogP contribution in [0.3, 0.4) is 0 Å². The summed E-state index contributed by atoms with van der Waals surface area (Å²) >= 11 is 0. The molecule has 0 radical (unpaired) electrons.